The topological polar surface area (TPSA) is 92.5 Å². The molecular weight excluding hydrogens is 336 g/mol. The summed E-state index contributed by atoms with van der Waals surface area (Å²) in [6, 6.07) is 1.66. The van der Waals surface area contributed by atoms with Crippen LogP contribution in [0.1, 0.15) is 12.8 Å². The Labute approximate surface area is 150 Å². The lowest BCUT2D eigenvalue weighted by atomic mass is 10.2. The van der Waals surface area contributed by atoms with Gasteiger partial charge in [-0.15, -0.1) is 0 Å². The van der Waals surface area contributed by atoms with Gasteiger partial charge in [0, 0.05) is 33.7 Å². The number of anilines is 1. The maximum Gasteiger partial charge on any atom is 0.332 e. The van der Waals surface area contributed by atoms with E-state index in [9.17, 15) is 14.4 Å². The number of fused-ring (bicyclic) bond motifs is 1. The van der Waals surface area contributed by atoms with Gasteiger partial charge < -0.3 is 15.1 Å². The van der Waals surface area contributed by atoms with Gasteiger partial charge in [0.25, 0.3) is 5.56 Å². The highest BCUT2D eigenvalue weighted by atomic mass is 16.2. The number of amides is 2. The number of pyridine rings is 1. The molecule has 1 aliphatic rings. The van der Waals surface area contributed by atoms with Crippen molar-refractivity contribution in [1.82, 2.24) is 23.9 Å². The van der Waals surface area contributed by atoms with Crippen LogP contribution in [0.15, 0.2) is 21.9 Å². The molecule has 0 bridgehead atoms. The first-order valence-corrected chi connectivity index (χ1v) is 8.57. The van der Waals surface area contributed by atoms with Crippen LogP contribution in [-0.2, 0) is 14.1 Å². The molecule has 1 aliphatic heterocycles. The van der Waals surface area contributed by atoms with E-state index in [1.807, 2.05) is 0 Å². The lowest BCUT2D eigenvalue weighted by molar-refractivity contribution is 0.201. The lowest BCUT2D eigenvalue weighted by Gasteiger charge is -2.26. The molecule has 0 aliphatic carbocycles. The molecular formula is C17H24N6O3. The standard InChI is InChI=1S/C17H24N6O3/c1-20-7-5-6-12(20)10-21(2)16(25)19-11-8-13-14(18-9-11)22(3)17(26)23(4)15(13)24/h8-9,12H,5-7,10H2,1-4H3,(H,19,25). The monoisotopic (exact) mass is 360 g/mol. The van der Waals surface area contributed by atoms with Crippen LogP contribution in [0.5, 0.6) is 0 Å². The van der Waals surface area contributed by atoms with Gasteiger partial charge >= 0.3 is 11.7 Å². The number of rotatable bonds is 3. The summed E-state index contributed by atoms with van der Waals surface area (Å²) in [6.45, 7) is 1.69. The predicted molar refractivity (Wildman–Crippen MR) is 99.5 cm³/mol. The molecule has 9 nitrogen and oxygen atoms in total. The molecule has 2 aromatic heterocycles. The van der Waals surface area contributed by atoms with Crippen molar-refractivity contribution in [2.45, 2.75) is 18.9 Å². The summed E-state index contributed by atoms with van der Waals surface area (Å²) in [6.07, 6.45) is 3.68. The van der Waals surface area contributed by atoms with Crippen molar-refractivity contribution in [2.75, 3.05) is 32.5 Å². The molecule has 1 saturated heterocycles. The minimum atomic E-state index is -0.438. The smallest absolute Gasteiger partial charge is 0.326 e. The van der Waals surface area contributed by atoms with Gasteiger partial charge in [0.2, 0.25) is 0 Å². The summed E-state index contributed by atoms with van der Waals surface area (Å²) in [5.41, 5.74) is -0.165. The SMILES string of the molecule is CN(CC1CCCN1C)C(=O)Nc1cnc2c(c1)c(=O)n(C)c(=O)n2C. The molecule has 1 unspecified atom stereocenters. The van der Waals surface area contributed by atoms with Crippen molar-refractivity contribution in [3.63, 3.8) is 0 Å². The Hall–Kier alpha value is -2.68. The van der Waals surface area contributed by atoms with Crippen molar-refractivity contribution >= 4 is 22.8 Å². The second-order valence-corrected chi connectivity index (χ2v) is 6.89. The number of carbonyl (C=O) groups excluding carboxylic acids is 1. The second-order valence-electron chi connectivity index (χ2n) is 6.89. The fourth-order valence-corrected chi connectivity index (χ4v) is 3.36. The first kappa shape index (κ1) is 18.1. The molecule has 1 N–H and O–H groups in total. The number of carbonyl (C=O) groups is 1. The van der Waals surface area contributed by atoms with Gasteiger partial charge in [-0.3, -0.25) is 13.9 Å². The maximum atomic E-state index is 12.4. The van der Waals surface area contributed by atoms with E-state index < -0.39 is 11.2 Å². The molecule has 3 heterocycles. The van der Waals surface area contributed by atoms with E-state index in [0.29, 0.717) is 18.3 Å². The van der Waals surface area contributed by atoms with Crippen molar-refractivity contribution in [2.24, 2.45) is 14.1 Å². The molecule has 0 spiro atoms. The third-order valence-electron chi connectivity index (χ3n) is 5.05. The Kier molecular flexibility index (Phi) is 4.82. The van der Waals surface area contributed by atoms with Gasteiger partial charge in [0.15, 0.2) is 0 Å². The van der Waals surface area contributed by atoms with E-state index in [1.165, 1.54) is 17.8 Å². The number of nitrogens with one attached hydrogen (secondary N) is 1. The second kappa shape index (κ2) is 6.91. The number of aromatic nitrogens is 3. The zero-order chi connectivity index (χ0) is 19.0. The summed E-state index contributed by atoms with van der Waals surface area (Å²) < 4.78 is 2.34. The summed E-state index contributed by atoms with van der Waals surface area (Å²) >= 11 is 0. The van der Waals surface area contributed by atoms with E-state index >= 15 is 0 Å². The minimum Gasteiger partial charge on any atom is -0.326 e. The van der Waals surface area contributed by atoms with Crippen molar-refractivity contribution in [3.8, 4) is 0 Å². The fraction of sp³-hybridized carbons (Fsp3) is 0.529. The third kappa shape index (κ3) is 3.22. The van der Waals surface area contributed by atoms with E-state index in [1.54, 1.807) is 25.1 Å². The van der Waals surface area contributed by atoms with Crippen LogP contribution in [0.3, 0.4) is 0 Å². The molecule has 1 atom stereocenters. The Bertz CT molecular complexity index is 963. The Morgan fingerprint density at radius 2 is 2.04 bits per heavy atom. The van der Waals surface area contributed by atoms with Crippen LogP contribution in [0.2, 0.25) is 0 Å². The van der Waals surface area contributed by atoms with Crippen LogP contribution >= 0.6 is 0 Å². The van der Waals surface area contributed by atoms with Crippen molar-refractivity contribution < 1.29 is 4.79 Å². The number of nitrogens with zero attached hydrogens (tertiary/aromatic N) is 5. The number of urea groups is 1. The Morgan fingerprint density at radius 3 is 2.69 bits per heavy atom. The summed E-state index contributed by atoms with van der Waals surface area (Å²) in [4.78, 5) is 44.8. The molecule has 0 radical (unpaired) electrons. The molecule has 2 amide bonds. The van der Waals surface area contributed by atoms with E-state index in [0.717, 1.165) is 24.0 Å². The minimum absolute atomic E-state index is 0.256. The number of hydrogen-bond acceptors (Lipinski definition) is 5. The van der Waals surface area contributed by atoms with Crippen molar-refractivity contribution in [3.05, 3.63) is 33.1 Å². The van der Waals surface area contributed by atoms with Gasteiger partial charge in [-0.2, -0.15) is 0 Å². The summed E-state index contributed by atoms with van der Waals surface area (Å²) in [5.74, 6) is 0. The molecule has 1 fully saturated rings. The van der Waals surface area contributed by atoms with Gasteiger partial charge in [0.05, 0.1) is 17.3 Å². The van der Waals surface area contributed by atoms with Crippen LogP contribution in [-0.4, -0.2) is 63.2 Å². The predicted octanol–water partition coefficient (Wildman–Crippen LogP) is 0.190. The highest BCUT2D eigenvalue weighted by Gasteiger charge is 2.24. The first-order chi connectivity index (χ1) is 12.3. The van der Waals surface area contributed by atoms with Crippen LogP contribution in [0.4, 0.5) is 10.5 Å². The normalized spacial score (nSPS) is 17.6. The van der Waals surface area contributed by atoms with E-state index in [2.05, 4.69) is 22.2 Å². The van der Waals surface area contributed by atoms with E-state index in [-0.39, 0.29) is 17.1 Å². The number of hydrogen-bond donors (Lipinski definition) is 1. The van der Waals surface area contributed by atoms with Gasteiger partial charge in [0.1, 0.15) is 5.65 Å². The number of aryl methyl sites for hydroxylation is 1. The van der Waals surface area contributed by atoms with E-state index in [4.69, 9.17) is 0 Å². The average molecular weight is 360 g/mol. The molecule has 26 heavy (non-hydrogen) atoms. The molecule has 2 aromatic rings. The average Bonchev–Trinajstić information content (AvgIpc) is 3.02. The lowest BCUT2D eigenvalue weighted by Crippen LogP contribution is -2.41. The van der Waals surface area contributed by atoms with Crippen molar-refractivity contribution in [1.29, 1.82) is 0 Å². The summed E-state index contributed by atoms with van der Waals surface area (Å²) in [5, 5.41) is 3.06. The van der Waals surface area contributed by atoms with Crippen LogP contribution in [0, 0.1) is 0 Å². The zero-order valence-corrected chi connectivity index (χ0v) is 15.5. The quantitative estimate of drug-likeness (QED) is 0.844. The summed E-state index contributed by atoms with van der Waals surface area (Å²) in [7, 11) is 6.79. The van der Waals surface area contributed by atoms with Gasteiger partial charge in [-0.1, -0.05) is 0 Å². The molecule has 3 rings (SSSR count). The molecule has 0 saturated carbocycles. The maximum absolute atomic E-state index is 12.4. The Morgan fingerprint density at radius 1 is 1.31 bits per heavy atom. The fourth-order valence-electron chi connectivity index (χ4n) is 3.36. The van der Waals surface area contributed by atoms with Crippen LogP contribution in [0.25, 0.3) is 11.0 Å². The first-order valence-electron chi connectivity index (χ1n) is 8.57. The highest BCUT2D eigenvalue weighted by Crippen LogP contribution is 2.16. The molecule has 0 aromatic carbocycles. The molecule has 140 valence electrons. The molecule has 9 heteroatoms. The number of likely N-dealkylation sites (tertiary alicyclic amines) is 1. The highest BCUT2D eigenvalue weighted by molar-refractivity contribution is 5.91. The third-order valence-corrected chi connectivity index (χ3v) is 5.05. The largest absolute Gasteiger partial charge is 0.332 e. The zero-order valence-electron chi connectivity index (χ0n) is 15.5. The Balaban J connectivity index is 1.81. The number of likely N-dealkylation sites (N-methyl/N-ethyl adjacent to an activating group) is 2. The van der Waals surface area contributed by atoms with Crippen LogP contribution < -0.4 is 16.6 Å². The van der Waals surface area contributed by atoms with Gasteiger partial charge in [-0.05, 0) is 32.5 Å². The van der Waals surface area contributed by atoms with Gasteiger partial charge in [-0.25, -0.2) is 14.6 Å².